The predicted octanol–water partition coefficient (Wildman–Crippen LogP) is 1.83. The first-order chi connectivity index (χ1) is 10.8. The molecule has 0 unspecified atom stereocenters. The fraction of sp³-hybridized carbons (Fsp3) is 0.562. The number of fused-ring (bicyclic) bond motifs is 1. The summed E-state index contributed by atoms with van der Waals surface area (Å²) in [6.45, 7) is 7.42. The van der Waals surface area contributed by atoms with Crippen LogP contribution in [-0.2, 0) is 11.3 Å². The van der Waals surface area contributed by atoms with E-state index in [9.17, 15) is 9.90 Å². The Labute approximate surface area is 135 Å². The van der Waals surface area contributed by atoms with Gasteiger partial charge in [-0.2, -0.15) is 0 Å². The Bertz CT molecular complexity index is 605. The second-order valence-corrected chi connectivity index (χ2v) is 6.80. The van der Waals surface area contributed by atoms with E-state index in [1.807, 2.05) is 20.8 Å². The summed E-state index contributed by atoms with van der Waals surface area (Å²) in [6.07, 6.45) is -0.290. The standard InChI is InChI=1S/C16H22N2O5/c1-16(2,3)23-15(20)18-7-11(8-18)17-6-10-4-13-14(5-12(10)19)22-9-21-13/h4-5,11,17,19H,6-9H2,1-3H3. The molecule has 2 N–H and O–H groups in total. The first kappa shape index (κ1) is 15.7. The molecule has 1 fully saturated rings. The fourth-order valence-corrected chi connectivity index (χ4v) is 2.45. The molecule has 7 nitrogen and oxygen atoms in total. The van der Waals surface area contributed by atoms with Gasteiger partial charge in [0.1, 0.15) is 11.4 Å². The molecule has 0 saturated carbocycles. The van der Waals surface area contributed by atoms with Crippen LogP contribution in [0.4, 0.5) is 4.79 Å². The Balaban J connectivity index is 1.47. The molecule has 7 heteroatoms. The van der Waals surface area contributed by atoms with E-state index in [1.54, 1.807) is 17.0 Å². The van der Waals surface area contributed by atoms with Gasteiger partial charge in [-0.25, -0.2) is 4.79 Å². The molecule has 1 amide bonds. The molecule has 0 atom stereocenters. The lowest BCUT2D eigenvalue weighted by atomic mass is 10.1. The summed E-state index contributed by atoms with van der Waals surface area (Å²) >= 11 is 0. The lowest BCUT2D eigenvalue weighted by Crippen LogP contribution is -2.60. The van der Waals surface area contributed by atoms with Crippen molar-refractivity contribution < 1.29 is 24.1 Å². The summed E-state index contributed by atoms with van der Waals surface area (Å²) < 4.78 is 15.8. The minimum atomic E-state index is -0.478. The molecule has 126 valence electrons. The SMILES string of the molecule is CC(C)(C)OC(=O)N1CC(NCc2cc3c(cc2O)OCO3)C1. The monoisotopic (exact) mass is 322 g/mol. The molecule has 2 heterocycles. The van der Waals surface area contributed by atoms with Gasteiger partial charge in [0, 0.05) is 37.3 Å². The van der Waals surface area contributed by atoms with Crippen molar-refractivity contribution in [3.8, 4) is 17.2 Å². The summed E-state index contributed by atoms with van der Waals surface area (Å²) in [5.74, 6) is 1.37. The van der Waals surface area contributed by atoms with Crippen molar-refractivity contribution in [2.75, 3.05) is 19.9 Å². The van der Waals surface area contributed by atoms with E-state index in [0.29, 0.717) is 31.1 Å². The van der Waals surface area contributed by atoms with E-state index in [-0.39, 0.29) is 24.7 Å². The highest BCUT2D eigenvalue weighted by atomic mass is 16.7. The zero-order valence-electron chi connectivity index (χ0n) is 13.6. The number of carbonyl (C=O) groups is 1. The molecule has 1 aromatic rings. The maximum absolute atomic E-state index is 11.8. The zero-order chi connectivity index (χ0) is 16.6. The van der Waals surface area contributed by atoms with Crippen LogP contribution in [0.15, 0.2) is 12.1 Å². The van der Waals surface area contributed by atoms with Gasteiger partial charge in [0.05, 0.1) is 0 Å². The molecule has 1 saturated heterocycles. The molecule has 1 aromatic carbocycles. The average Bonchev–Trinajstić information content (AvgIpc) is 2.81. The fourth-order valence-electron chi connectivity index (χ4n) is 2.45. The maximum Gasteiger partial charge on any atom is 0.410 e. The molecule has 3 rings (SSSR count). The molecule has 2 aliphatic heterocycles. The molecular weight excluding hydrogens is 300 g/mol. The molecule has 0 spiro atoms. The predicted molar refractivity (Wildman–Crippen MR) is 82.7 cm³/mol. The highest BCUT2D eigenvalue weighted by Gasteiger charge is 2.33. The van der Waals surface area contributed by atoms with Crippen molar-refractivity contribution >= 4 is 6.09 Å². The Kier molecular flexibility index (Phi) is 3.97. The van der Waals surface area contributed by atoms with Crippen LogP contribution in [0.25, 0.3) is 0 Å². The second-order valence-electron chi connectivity index (χ2n) is 6.80. The third-order valence-electron chi connectivity index (χ3n) is 3.69. The Morgan fingerprint density at radius 2 is 2.00 bits per heavy atom. The Morgan fingerprint density at radius 3 is 2.65 bits per heavy atom. The van der Waals surface area contributed by atoms with Gasteiger partial charge in [-0.1, -0.05) is 0 Å². The van der Waals surface area contributed by atoms with E-state index in [4.69, 9.17) is 14.2 Å². The molecule has 23 heavy (non-hydrogen) atoms. The molecule has 0 radical (unpaired) electrons. The number of likely N-dealkylation sites (tertiary alicyclic amines) is 1. The number of ether oxygens (including phenoxy) is 3. The van der Waals surface area contributed by atoms with Gasteiger partial charge < -0.3 is 29.5 Å². The normalized spacial score (nSPS) is 17.1. The van der Waals surface area contributed by atoms with Gasteiger partial charge in [0.2, 0.25) is 6.79 Å². The maximum atomic E-state index is 11.8. The average molecular weight is 322 g/mol. The lowest BCUT2D eigenvalue weighted by molar-refractivity contribution is 0.00516. The molecule has 0 aliphatic carbocycles. The number of phenols is 1. The number of hydrogen-bond donors (Lipinski definition) is 2. The van der Waals surface area contributed by atoms with E-state index < -0.39 is 5.60 Å². The minimum Gasteiger partial charge on any atom is -0.507 e. The molecule has 2 aliphatic rings. The van der Waals surface area contributed by atoms with Crippen LogP contribution in [0.1, 0.15) is 26.3 Å². The van der Waals surface area contributed by atoms with Gasteiger partial charge >= 0.3 is 6.09 Å². The number of amides is 1. The Morgan fingerprint density at radius 1 is 1.35 bits per heavy atom. The first-order valence-corrected chi connectivity index (χ1v) is 7.64. The largest absolute Gasteiger partial charge is 0.507 e. The highest BCUT2D eigenvalue weighted by Crippen LogP contribution is 2.37. The van der Waals surface area contributed by atoms with Gasteiger partial charge in [-0.05, 0) is 26.8 Å². The number of aromatic hydroxyl groups is 1. The van der Waals surface area contributed by atoms with Crippen molar-refractivity contribution in [3.05, 3.63) is 17.7 Å². The molecular formula is C16H22N2O5. The van der Waals surface area contributed by atoms with E-state index in [1.165, 1.54) is 0 Å². The highest BCUT2D eigenvalue weighted by molar-refractivity contribution is 5.69. The quantitative estimate of drug-likeness (QED) is 0.884. The third-order valence-corrected chi connectivity index (χ3v) is 3.69. The summed E-state index contributed by atoms with van der Waals surface area (Å²) in [4.78, 5) is 13.5. The topological polar surface area (TPSA) is 80.3 Å². The smallest absolute Gasteiger partial charge is 0.410 e. The van der Waals surface area contributed by atoms with Crippen molar-refractivity contribution in [3.63, 3.8) is 0 Å². The third kappa shape index (κ3) is 3.61. The summed E-state index contributed by atoms with van der Waals surface area (Å²) in [7, 11) is 0. The Hall–Kier alpha value is -2.15. The molecule has 0 bridgehead atoms. The zero-order valence-corrected chi connectivity index (χ0v) is 13.6. The van der Waals surface area contributed by atoms with Crippen molar-refractivity contribution in [2.24, 2.45) is 0 Å². The van der Waals surface area contributed by atoms with Crippen molar-refractivity contribution in [1.82, 2.24) is 10.2 Å². The number of carbonyl (C=O) groups excluding carboxylic acids is 1. The summed E-state index contributed by atoms with van der Waals surface area (Å²) in [5.41, 5.74) is 0.262. The van der Waals surface area contributed by atoms with Crippen molar-refractivity contribution in [1.29, 1.82) is 0 Å². The van der Waals surface area contributed by atoms with E-state index in [2.05, 4.69) is 5.32 Å². The minimum absolute atomic E-state index is 0.171. The van der Waals surface area contributed by atoms with Crippen LogP contribution in [0.5, 0.6) is 17.2 Å². The van der Waals surface area contributed by atoms with Crippen LogP contribution in [0, 0.1) is 0 Å². The van der Waals surface area contributed by atoms with E-state index >= 15 is 0 Å². The van der Waals surface area contributed by atoms with Crippen LogP contribution >= 0.6 is 0 Å². The summed E-state index contributed by atoms with van der Waals surface area (Å²) in [5, 5.41) is 13.3. The number of rotatable bonds is 3. The van der Waals surface area contributed by atoms with Gasteiger partial charge in [0.15, 0.2) is 11.5 Å². The number of nitrogens with zero attached hydrogens (tertiary/aromatic N) is 1. The van der Waals surface area contributed by atoms with Crippen LogP contribution in [0.3, 0.4) is 0 Å². The number of phenolic OH excluding ortho intramolecular Hbond substituents is 1. The van der Waals surface area contributed by atoms with Crippen LogP contribution < -0.4 is 14.8 Å². The second kappa shape index (κ2) is 5.81. The van der Waals surface area contributed by atoms with E-state index in [0.717, 1.165) is 5.56 Å². The van der Waals surface area contributed by atoms with Crippen LogP contribution in [0.2, 0.25) is 0 Å². The number of hydrogen-bond acceptors (Lipinski definition) is 6. The molecule has 0 aromatic heterocycles. The van der Waals surface area contributed by atoms with Gasteiger partial charge in [0.25, 0.3) is 0 Å². The van der Waals surface area contributed by atoms with Crippen LogP contribution in [-0.4, -0.2) is 47.6 Å². The lowest BCUT2D eigenvalue weighted by Gasteiger charge is -2.40. The van der Waals surface area contributed by atoms with Crippen molar-refractivity contribution in [2.45, 2.75) is 39.0 Å². The van der Waals surface area contributed by atoms with Gasteiger partial charge in [-0.3, -0.25) is 0 Å². The number of nitrogens with one attached hydrogen (secondary N) is 1. The first-order valence-electron chi connectivity index (χ1n) is 7.64. The van der Waals surface area contributed by atoms with Gasteiger partial charge in [-0.15, -0.1) is 0 Å². The number of benzene rings is 1. The summed E-state index contributed by atoms with van der Waals surface area (Å²) in [6, 6.07) is 3.52.